The zero-order chi connectivity index (χ0) is 19.5. The predicted octanol–water partition coefficient (Wildman–Crippen LogP) is 6.48. The molecule has 4 rings (SSSR count). The molecule has 3 nitrogen and oxygen atoms in total. The van der Waals surface area contributed by atoms with Crippen molar-refractivity contribution in [2.75, 3.05) is 0 Å². The van der Waals surface area contributed by atoms with Gasteiger partial charge in [0.1, 0.15) is 21.5 Å². The van der Waals surface area contributed by atoms with E-state index in [9.17, 15) is 0 Å². The SMILES string of the molecule is Cc1ccc(/C(N)=N/c2sc(-c3ccc(Cl)cc3)nc2-c2ccccc2)cc1. The van der Waals surface area contributed by atoms with Crippen LogP contribution in [0.25, 0.3) is 21.8 Å². The molecule has 0 fully saturated rings. The number of nitrogens with two attached hydrogens (primary N) is 1. The van der Waals surface area contributed by atoms with Crippen molar-refractivity contribution < 1.29 is 0 Å². The lowest BCUT2D eigenvalue weighted by Gasteiger charge is -2.02. The number of rotatable bonds is 4. The fourth-order valence-corrected chi connectivity index (χ4v) is 3.89. The van der Waals surface area contributed by atoms with Crippen LogP contribution in [0.5, 0.6) is 0 Å². The fourth-order valence-electron chi connectivity index (χ4n) is 2.79. The van der Waals surface area contributed by atoms with Gasteiger partial charge in [-0.15, -0.1) is 0 Å². The Labute approximate surface area is 173 Å². The molecule has 0 saturated carbocycles. The molecule has 0 aliphatic heterocycles. The van der Waals surface area contributed by atoms with Gasteiger partial charge < -0.3 is 5.73 Å². The van der Waals surface area contributed by atoms with Crippen LogP contribution in [0.3, 0.4) is 0 Å². The molecule has 4 aromatic rings. The summed E-state index contributed by atoms with van der Waals surface area (Å²) in [4.78, 5) is 9.58. The van der Waals surface area contributed by atoms with Crippen LogP contribution in [-0.4, -0.2) is 10.8 Å². The first-order chi connectivity index (χ1) is 13.6. The molecule has 5 heteroatoms. The topological polar surface area (TPSA) is 51.3 Å². The second-order valence-corrected chi connectivity index (χ2v) is 7.82. The molecule has 28 heavy (non-hydrogen) atoms. The Bertz CT molecular complexity index is 1110. The van der Waals surface area contributed by atoms with E-state index >= 15 is 0 Å². The van der Waals surface area contributed by atoms with Gasteiger partial charge in [0.15, 0.2) is 0 Å². The average Bonchev–Trinajstić information content (AvgIpc) is 3.13. The van der Waals surface area contributed by atoms with Crippen molar-refractivity contribution in [2.24, 2.45) is 10.7 Å². The summed E-state index contributed by atoms with van der Waals surface area (Å²) in [7, 11) is 0. The highest BCUT2D eigenvalue weighted by Crippen LogP contribution is 2.40. The van der Waals surface area contributed by atoms with Crippen LogP contribution < -0.4 is 5.73 Å². The van der Waals surface area contributed by atoms with Crippen molar-refractivity contribution >= 4 is 33.8 Å². The third-order valence-electron chi connectivity index (χ3n) is 4.32. The number of aliphatic imine (C=N–C) groups is 1. The molecule has 1 heterocycles. The van der Waals surface area contributed by atoms with E-state index in [2.05, 4.69) is 0 Å². The van der Waals surface area contributed by atoms with E-state index < -0.39 is 0 Å². The van der Waals surface area contributed by atoms with Crippen molar-refractivity contribution in [3.05, 3.63) is 95.0 Å². The van der Waals surface area contributed by atoms with E-state index in [0.717, 1.165) is 32.4 Å². The largest absolute Gasteiger partial charge is 0.383 e. The molecule has 0 aliphatic carbocycles. The van der Waals surface area contributed by atoms with Crippen molar-refractivity contribution in [3.8, 4) is 21.8 Å². The summed E-state index contributed by atoms with van der Waals surface area (Å²) in [5, 5.41) is 2.37. The van der Waals surface area contributed by atoms with Crippen LogP contribution in [0, 0.1) is 6.92 Å². The monoisotopic (exact) mass is 403 g/mol. The van der Waals surface area contributed by atoms with Gasteiger partial charge in [0.05, 0.1) is 0 Å². The summed E-state index contributed by atoms with van der Waals surface area (Å²) in [6.07, 6.45) is 0. The van der Waals surface area contributed by atoms with Gasteiger partial charge in [0.25, 0.3) is 0 Å². The highest BCUT2D eigenvalue weighted by atomic mass is 35.5. The van der Waals surface area contributed by atoms with Gasteiger partial charge in [0.2, 0.25) is 0 Å². The molecule has 0 atom stereocenters. The molecule has 0 radical (unpaired) electrons. The number of benzene rings is 3. The van der Waals surface area contributed by atoms with Crippen molar-refractivity contribution in [1.29, 1.82) is 0 Å². The van der Waals surface area contributed by atoms with Crippen LogP contribution in [0.15, 0.2) is 83.9 Å². The van der Waals surface area contributed by atoms with E-state index in [4.69, 9.17) is 27.3 Å². The zero-order valence-corrected chi connectivity index (χ0v) is 16.8. The van der Waals surface area contributed by atoms with E-state index in [-0.39, 0.29) is 0 Å². The molecule has 3 aromatic carbocycles. The maximum atomic E-state index is 6.30. The van der Waals surface area contributed by atoms with Crippen molar-refractivity contribution in [1.82, 2.24) is 4.98 Å². The normalized spacial score (nSPS) is 11.6. The molecule has 0 unspecified atom stereocenters. The Hall–Kier alpha value is -2.95. The molecule has 0 aliphatic rings. The zero-order valence-electron chi connectivity index (χ0n) is 15.3. The van der Waals surface area contributed by atoms with Crippen LogP contribution in [0.1, 0.15) is 11.1 Å². The Morgan fingerprint density at radius 1 is 0.893 bits per heavy atom. The summed E-state index contributed by atoms with van der Waals surface area (Å²) in [6, 6.07) is 25.7. The summed E-state index contributed by atoms with van der Waals surface area (Å²) in [5.41, 5.74) is 11.2. The predicted molar refractivity (Wildman–Crippen MR) is 120 cm³/mol. The van der Waals surface area contributed by atoms with Crippen LogP contribution in [-0.2, 0) is 0 Å². The summed E-state index contributed by atoms with van der Waals surface area (Å²) < 4.78 is 0. The highest BCUT2D eigenvalue weighted by molar-refractivity contribution is 7.19. The van der Waals surface area contributed by atoms with Gasteiger partial charge in [-0.2, -0.15) is 0 Å². The molecule has 0 spiro atoms. The summed E-state index contributed by atoms with van der Waals surface area (Å²) in [6.45, 7) is 2.05. The number of amidine groups is 1. The Morgan fingerprint density at radius 2 is 1.57 bits per heavy atom. The molecule has 0 amide bonds. The van der Waals surface area contributed by atoms with Crippen LogP contribution in [0.4, 0.5) is 5.00 Å². The standard InChI is InChI=1S/C23H18ClN3S/c1-15-7-9-17(10-8-15)21(25)27-23-20(16-5-3-2-4-6-16)26-22(28-23)18-11-13-19(24)14-12-18/h2-14H,1H3,(H2,25,27). The quantitative estimate of drug-likeness (QED) is 0.313. The minimum absolute atomic E-state index is 0.475. The van der Waals surface area contributed by atoms with Gasteiger partial charge in [-0.25, -0.2) is 9.98 Å². The average molecular weight is 404 g/mol. The minimum atomic E-state index is 0.475. The van der Waals surface area contributed by atoms with Gasteiger partial charge in [0, 0.05) is 21.7 Å². The fraction of sp³-hybridized carbons (Fsp3) is 0.0435. The third kappa shape index (κ3) is 3.98. The highest BCUT2D eigenvalue weighted by Gasteiger charge is 2.15. The number of aryl methyl sites for hydroxylation is 1. The van der Waals surface area contributed by atoms with Gasteiger partial charge >= 0.3 is 0 Å². The van der Waals surface area contributed by atoms with Gasteiger partial charge in [-0.3, -0.25) is 0 Å². The van der Waals surface area contributed by atoms with E-state index in [0.29, 0.717) is 10.9 Å². The Morgan fingerprint density at radius 3 is 2.25 bits per heavy atom. The van der Waals surface area contributed by atoms with E-state index in [1.54, 1.807) is 0 Å². The van der Waals surface area contributed by atoms with Gasteiger partial charge in [-0.1, -0.05) is 95.2 Å². The van der Waals surface area contributed by atoms with Crippen molar-refractivity contribution in [3.63, 3.8) is 0 Å². The first-order valence-electron chi connectivity index (χ1n) is 8.83. The van der Waals surface area contributed by atoms with Crippen molar-refractivity contribution in [2.45, 2.75) is 6.92 Å². The second kappa shape index (κ2) is 7.97. The summed E-state index contributed by atoms with van der Waals surface area (Å²) in [5.74, 6) is 0.475. The lowest BCUT2D eigenvalue weighted by atomic mass is 10.1. The lowest BCUT2D eigenvalue weighted by molar-refractivity contribution is 1.38. The lowest BCUT2D eigenvalue weighted by Crippen LogP contribution is -2.12. The maximum absolute atomic E-state index is 6.30. The summed E-state index contributed by atoms with van der Waals surface area (Å²) >= 11 is 7.54. The number of nitrogens with zero attached hydrogens (tertiary/aromatic N) is 2. The van der Waals surface area contributed by atoms with E-state index in [1.165, 1.54) is 16.9 Å². The number of thiazole rings is 1. The number of hydrogen-bond donors (Lipinski definition) is 1. The molecular weight excluding hydrogens is 386 g/mol. The molecule has 2 N–H and O–H groups in total. The molecule has 138 valence electrons. The van der Waals surface area contributed by atoms with Crippen LogP contribution >= 0.6 is 22.9 Å². The van der Waals surface area contributed by atoms with E-state index in [1.807, 2.05) is 85.8 Å². The Balaban J connectivity index is 1.81. The maximum Gasteiger partial charge on any atom is 0.146 e. The number of halogens is 1. The first kappa shape index (κ1) is 18.4. The Kier molecular flexibility index (Phi) is 5.24. The minimum Gasteiger partial charge on any atom is -0.383 e. The number of aromatic nitrogens is 1. The molecule has 1 aromatic heterocycles. The molecule has 0 saturated heterocycles. The van der Waals surface area contributed by atoms with Gasteiger partial charge in [-0.05, 0) is 19.1 Å². The number of hydrogen-bond acceptors (Lipinski definition) is 3. The second-order valence-electron chi connectivity index (χ2n) is 6.41. The molecule has 0 bridgehead atoms. The first-order valence-corrected chi connectivity index (χ1v) is 10.0. The smallest absolute Gasteiger partial charge is 0.146 e. The third-order valence-corrected chi connectivity index (χ3v) is 5.57. The molecular formula is C23H18ClN3S. The van der Waals surface area contributed by atoms with Crippen LogP contribution in [0.2, 0.25) is 5.02 Å².